The number of nitrogens with zero attached hydrogens (tertiary/aromatic N) is 3. The molecular weight excluding hydrogens is 373 g/mol. The molecule has 0 aliphatic heterocycles. The summed E-state index contributed by atoms with van der Waals surface area (Å²) in [5.74, 6) is 0.646. The van der Waals surface area contributed by atoms with Crippen molar-refractivity contribution < 1.29 is 9.32 Å². The molecule has 1 fully saturated rings. The molecule has 1 heterocycles. The fourth-order valence-corrected chi connectivity index (χ4v) is 1.69. The van der Waals surface area contributed by atoms with Crippen LogP contribution in [0.5, 0.6) is 0 Å². The largest absolute Gasteiger partial charge is 0.364 e. The first kappa shape index (κ1) is 16.7. The molecular formula is C12H20IN5O2. The van der Waals surface area contributed by atoms with Crippen LogP contribution in [-0.4, -0.2) is 48.6 Å². The highest BCUT2D eigenvalue weighted by atomic mass is 127. The van der Waals surface area contributed by atoms with E-state index in [1.165, 1.54) is 6.26 Å². The Labute approximate surface area is 135 Å². The molecule has 2 rings (SSSR count). The van der Waals surface area contributed by atoms with Crippen molar-refractivity contribution >= 4 is 35.8 Å². The van der Waals surface area contributed by atoms with E-state index in [1.54, 1.807) is 13.1 Å². The summed E-state index contributed by atoms with van der Waals surface area (Å²) in [6, 6.07) is 2.17. The number of nitrogens with one attached hydrogen (secondary N) is 2. The van der Waals surface area contributed by atoms with Crippen LogP contribution >= 0.6 is 24.0 Å². The molecule has 1 aromatic heterocycles. The van der Waals surface area contributed by atoms with E-state index in [-0.39, 0.29) is 36.4 Å². The molecule has 0 saturated heterocycles. The van der Waals surface area contributed by atoms with Crippen LogP contribution < -0.4 is 10.6 Å². The number of hydrogen-bond acceptors (Lipinski definition) is 4. The first-order valence-electron chi connectivity index (χ1n) is 6.29. The molecule has 1 aliphatic carbocycles. The smallest absolute Gasteiger partial charge is 0.239 e. The van der Waals surface area contributed by atoms with Crippen molar-refractivity contribution in [1.82, 2.24) is 20.7 Å². The molecule has 112 valence electrons. The summed E-state index contributed by atoms with van der Waals surface area (Å²) in [6.07, 6.45) is 3.71. The number of aromatic nitrogens is 1. The SMILES string of the molecule is CN=C(NCC(=O)NC1CC1)N(C)Cc1ccon1.I. The first-order chi connectivity index (χ1) is 9.19. The van der Waals surface area contributed by atoms with Gasteiger partial charge in [-0.15, -0.1) is 24.0 Å². The van der Waals surface area contributed by atoms with Crippen molar-refractivity contribution in [3.8, 4) is 0 Å². The Morgan fingerprint density at radius 3 is 2.90 bits per heavy atom. The summed E-state index contributed by atoms with van der Waals surface area (Å²) in [6.45, 7) is 0.798. The fourth-order valence-electron chi connectivity index (χ4n) is 1.69. The van der Waals surface area contributed by atoms with E-state index in [0.29, 0.717) is 18.5 Å². The van der Waals surface area contributed by atoms with Gasteiger partial charge in [0.05, 0.1) is 13.1 Å². The van der Waals surface area contributed by atoms with Gasteiger partial charge in [-0.3, -0.25) is 9.79 Å². The number of guanidine groups is 1. The number of halogens is 1. The second-order valence-electron chi connectivity index (χ2n) is 4.59. The van der Waals surface area contributed by atoms with Crippen molar-refractivity contribution in [2.24, 2.45) is 4.99 Å². The average molecular weight is 393 g/mol. The summed E-state index contributed by atoms with van der Waals surface area (Å²) < 4.78 is 4.78. The highest BCUT2D eigenvalue weighted by molar-refractivity contribution is 14.0. The van der Waals surface area contributed by atoms with Gasteiger partial charge in [0.2, 0.25) is 5.91 Å². The summed E-state index contributed by atoms with van der Waals surface area (Å²) >= 11 is 0. The Morgan fingerprint density at radius 1 is 1.60 bits per heavy atom. The fraction of sp³-hybridized carbons (Fsp3) is 0.583. The number of aliphatic imine (C=N–C) groups is 1. The van der Waals surface area contributed by atoms with E-state index >= 15 is 0 Å². The van der Waals surface area contributed by atoms with Gasteiger partial charge >= 0.3 is 0 Å². The van der Waals surface area contributed by atoms with Crippen LogP contribution in [-0.2, 0) is 11.3 Å². The van der Waals surface area contributed by atoms with E-state index in [2.05, 4.69) is 20.8 Å². The average Bonchev–Trinajstić information content (AvgIpc) is 3.04. The van der Waals surface area contributed by atoms with E-state index in [1.807, 2.05) is 11.9 Å². The van der Waals surface area contributed by atoms with Crippen LogP contribution in [0.3, 0.4) is 0 Å². The normalized spacial score (nSPS) is 14.4. The molecule has 1 amide bonds. The van der Waals surface area contributed by atoms with Gasteiger partial charge in [0.15, 0.2) is 5.96 Å². The molecule has 0 bridgehead atoms. The monoisotopic (exact) mass is 393 g/mol. The second kappa shape index (κ2) is 8.08. The topological polar surface area (TPSA) is 82.8 Å². The highest BCUT2D eigenvalue weighted by Crippen LogP contribution is 2.18. The molecule has 20 heavy (non-hydrogen) atoms. The third-order valence-electron chi connectivity index (χ3n) is 2.81. The maximum absolute atomic E-state index is 11.6. The molecule has 1 saturated carbocycles. The van der Waals surface area contributed by atoms with Crippen LogP contribution in [0.4, 0.5) is 0 Å². The Balaban J connectivity index is 0.00000200. The summed E-state index contributed by atoms with van der Waals surface area (Å²) in [5, 5.41) is 9.77. The van der Waals surface area contributed by atoms with Crippen molar-refractivity contribution in [3.05, 3.63) is 18.0 Å². The Morgan fingerprint density at radius 2 is 2.35 bits per heavy atom. The number of carbonyl (C=O) groups is 1. The predicted octanol–water partition coefficient (Wildman–Crippen LogP) is 0.578. The molecule has 0 aromatic carbocycles. The van der Waals surface area contributed by atoms with E-state index in [9.17, 15) is 4.79 Å². The third-order valence-corrected chi connectivity index (χ3v) is 2.81. The lowest BCUT2D eigenvalue weighted by Gasteiger charge is -2.20. The van der Waals surface area contributed by atoms with Gasteiger partial charge in [-0.2, -0.15) is 0 Å². The van der Waals surface area contributed by atoms with Crippen molar-refractivity contribution in [2.75, 3.05) is 20.6 Å². The highest BCUT2D eigenvalue weighted by Gasteiger charge is 2.23. The van der Waals surface area contributed by atoms with Crippen LogP contribution in [0.2, 0.25) is 0 Å². The number of hydrogen-bond donors (Lipinski definition) is 2. The zero-order valence-corrected chi connectivity index (χ0v) is 14.0. The Bertz CT molecular complexity index is 445. The van der Waals surface area contributed by atoms with Crippen molar-refractivity contribution in [1.29, 1.82) is 0 Å². The molecule has 7 nitrogen and oxygen atoms in total. The lowest BCUT2D eigenvalue weighted by molar-refractivity contribution is -0.120. The number of carbonyl (C=O) groups excluding carboxylic acids is 1. The van der Waals surface area contributed by atoms with E-state index < -0.39 is 0 Å². The molecule has 0 atom stereocenters. The van der Waals surface area contributed by atoms with Gasteiger partial charge in [-0.05, 0) is 12.8 Å². The molecule has 0 radical (unpaired) electrons. The lowest BCUT2D eigenvalue weighted by atomic mass is 10.4. The van der Waals surface area contributed by atoms with Gasteiger partial charge in [0.25, 0.3) is 0 Å². The van der Waals surface area contributed by atoms with E-state index in [0.717, 1.165) is 18.5 Å². The Kier molecular flexibility index (Phi) is 6.76. The maximum Gasteiger partial charge on any atom is 0.239 e. The molecule has 0 unspecified atom stereocenters. The summed E-state index contributed by atoms with van der Waals surface area (Å²) in [5.41, 5.74) is 0.813. The van der Waals surface area contributed by atoms with Gasteiger partial charge in [-0.1, -0.05) is 5.16 Å². The van der Waals surface area contributed by atoms with Crippen LogP contribution in [0.1, 0.15) is 18.5 Å². The van der Waals surface area contributed by atoms with Gasteiger partial charge < -0.3 is 20.1 Å². The lowest BCUT2D eigenvalue weighted by Crippen LogP contribution is -2.44. The van der Waals surface area contributed by atoms with Crippen LogP contribution in [0.15, 0.2) is 21.8 Å². The minimum atomic E-state index is -0.00140. The second-order valence-corrected chi connectivity index (χ2v) is 4.59. The number of amides is 1. The van der Waals surface area contributed by atoms with Crippen LogP contribution in [0.25, 0.3) is 0 Å². The van der Waals surface area contributed by atoms with Crippen LogP contribution in [0, 0.1) is 0 Å². The van der Waals surface area contributed by atoms with Gasteiger partial charge in [0.1, 0.15) is 12.0 Å². The molecule has 1 aliphatic rings. The molecule has 1 aromatic rings. The first-order valence-corrected chi connectivity index (χ1v) is 6.29. The van der Waals surface area contributed by atoms with E-state index in [4.69, 9.17) is 4.52 Å². The van der Waals surface area contributed by atoms with Crippen molar-refractivity contribution in [2.45, 2.75) is 25.4 Å². The number of rotatable bonds is 5. The maximum atomic E-state index is 11.6. The van der Waals surface area contributed by atoms with Gasteiger partial charge in [0, 0.05) is 26.2 Å². The molecule has 2 N–H and O–H groups in total. The molecule has 8 heteroatoms. The van der Waals surface area contributed by atoms with Crippen molar-refractivity contribution in [3.63, 3.8) is 0 Å². The zero-order chi connectivity index (χ0) is 13.7. The molecule has 0 spiro atoms. The summed E-state index contributed by atoms with van der Waals surface area (Å²) in [4.78, 5) is 17.6. The minimum absolute atomic E-state index is 0. The standard InChI is InChI=1S/C12H19N5O2.HI/c1-13-12(14-7-11(18)15-9-3-4-9)17(2)8-10-5-6-19-16-10;/h5-6,9H,3-4,7-8H2,1-2H3,(H,13,14)(H,15,18);1H. The third kappa shape index (κ3) is 5.35. The minimum Gasteiger partial charge on any atom is -0.364 e. The quantitative estimate of drug-likeness (QED) is 0.435. The Hall–Kier alpha value is -1.32. The van der Waals surface area contributed by atoms with Gasteiger partial charge in [-0.25, -0.2) is 0 Å². The zero-order valence-electron chi connectivity index (χ0n) is 11.6. The summed E-state index contributed by atoms with van der Waals surface area (Å²) in [7, 11) is 3.56. The predicted molar refractivity (Wildman–Crippen MR) is 85.9 cm³/mol.